The van der Waals surface area contributed by atoms with Gasteiger partial charge in [-0.3, -0.25) is 0 Å². The lowest BCUT2D eigenvalue weighted by Crippen LogP contribution is -1.95. The normalized spacial score (nSPS) is 10.1. The molecule has 3 heteroatoms. The third-order valence-electron chi connectivity index (χ3n) is 2.11. The predicted octanol–water partition coefficient (Wildman–Crippen LogP) is 4.47. The monoisotopic (exact) mass is 436 g/mol. The van der Waals surface area contributed by atoms with Crippen LogP contribution >= 0.6 is 45.2 Å². The predicted molar refractivity (Wildman–Crippen MR) is 82.7 cm³/mol. The van der Waals surface area contributed by atoms with Crippen LogP contribution in [-0.2, 0) is 6.61 Å². The SMILES string of the molecule is Ic1ccc(COc2cccc(I)c2)cc1. The van der Waals surface area contributed by atoms with Crippen molar-refractivity contribution in [1.29, 1.82) is 0 Å². The van der Waals surface area contributed by atoms with Crippen molar-refractivity contribution in [2.24, 2.45) is 0 Å². The molecule has 0 radical (unpaired) electrons. The Morgan fingerprint density at radius 2 is 1.62 bits per heavy atom. The van der Waals surface area contributed by atoms with E-state index in [9.17, 15) is 0 Å². The molecule has 2 aromatic carbocycles. The van der Waals surface area contributed by atoms with Crippen molar-refractivity contribution >= 4 is 45.2 Å². The van der Waals surface area contributed by atoms with E-state index in [1.165, 1.54) is 12.7 Å². The van der Waals surface area contributed by atoms with E-state index in [0.717, 1.165) is 5.75 Å². The van der Waals surface area contributed by atoms with E-state index in [4.69, 9.17) is 4.74 Å². The molecule has 0 saturated heterocycles. The summed E-state index contributed by atoms with van der Waals surface area (Å²) in [5, 5.41) is 0. The molecule has 0 N–H and O–H groups in total. The summed E-state index contributed by atoms with van der Waals surface area (Å²) in [4.78, 5) is 0. The van der Waals surface area contributed by atoms with E-state index >= 15 is 0 Å². The lowest BCUT2D eigenvalue weighted by atomic mass is 10.2. The second kappa shape index (κ2) is 5.86. The second-order valence-electron chi connectivity index (χ2n) is 3.37. The minimum absolute atomic E-state index is 0.622. The van der Waals surface area contributed by atoms with Gasteiger partial charge in [0.15, 0.2) is 0 Å². The summed E-state index contributed by atoms with van der Waals surface area (Å²) in [5.74, 6) is 0.922. The molecule has 0 fully saturated rings. The molecule has 0 aliphatic heterocycles. The highest BCUT2D eigenvalue weighted by Gasteiger charge is 1.96. The Morgan fingerprint density at radius 1 is 0.875 bits per heavy atom. The standard InChI is InChI=1S/C13H10I2O/c14-11-6-4-10(5-7-11)9-16-13-3-1-2-12(15)8-13/h1-8H,9H2. The van der Waals surface area contributed by atoms with Gasteiger partial charge in [0.1, 0.15) is 12.4 Å². The smallest absolute Gasteiger partial charge is 0.120 e. The first-order valence-corrected chi connectivity index (χ1v) is 7.02. The van der Waals surface area contributed by atoms with Gasteiger partial charge in [-0.2, -0.15) is 0 Å². The van der Waals surface area contributed by atoms with Gasteiger partial charge in [-0.05, 0) is 81.1 Å². The highest BCUT2D eigenvalue weighted by molar-refractivity contribution is 14.1. The lowest BCUT2D eigenvalue weighted by molar-refractivity contribution is 0.306. The largest absolute Gasteiger partial charge is 0.489 e. The number of ether oxygens (including phenoxy) is 1. The summed E-state index contributed by atoms with van der Waals surface area (Å²) in [6.45, 7) is 0.622. The Labute approximate surface area is 122 Å². The van der Waals surface area contributed by atoms with Gasteiger partial charge in [-0.15, -0.1) is 0 Å². The highest BCUT2D eigenvalue weighted by atomic mass is 127. The van der Waals surface area contributed by atoms with Crippen LogP contribution in [0.1, 0.15) is 5.56 Å². The van der Waals surface area contributed by atoms with Gasteiger partial charge in [0.05, 0.1) is 0 Å². The van der Waals surface area contributed by atoms with E-state index in [2.05, 4.69) is 75.5 Å². The van der Waals surface area contributed by atoms with Crippen molar-refractivity contribution in [2.75, 3.05) is 0 Å². The molecule has 0 aliphatic rings. The highest BCUT2D eigenvalue weighted by Crippen LogP contribution is 2.16. The van der Waals surface area contributed by atoms with Gasteiger partial charge in [0.25, 0.3) is 0 Å². The van der Waals surface area contributed by atoms with E-state index in [0.29, 0.717) is 6.61 Å². The summed E-state index contributed by atoms with van der Waals surface area (Å²) in [5.41, 5.74) is 1.19. The van der Waals surface area contributed by atoms with Gasteiger partial charge in [-0.25, -0.2) is 0 Å². The number of hydrogen-bond donors (Lipinski definition) is 0. The maximum atomic E-state index is 5.71. The van der Waals surface area contributed by atoms with Crippen molar-refractivity contribution < 1.29 is 4.74 Å². The maximum Gasteiger partial charge on any atom is 0.120 e. The maximum absolute atomic E-state index is 5.71. The summed E-state index contributed by atoms with van der Waals surface area (Å²) < 4.78 is 8.14. The molecule has 0 spiro atoms. The Kier molecular flexibility index (Phi) is 4.45. The fourth-order valence-corrected chi connectivity index (χ4v) is 2.18. The van der Waals surface area contributed by atoms with Gasteiger partial charge < -0.3 is 4.74 Å². The molecule has 2 aromatic rings. The summed E-state index contributed by atoms with van der Waals surface area (Å²) in [7, 11) is 0. The van der Waals surface area contributed by atoms with Crippen LogP contribution in [0.25, 0.3) is 0 Å². The molecule has 0 bridgehead atoms. The molecular formula is C13H10I2O. The summed E-state index contributed by atoms with van der Waals surface area (Å²) >= 11 is 4.58. The number of halogens is 2. The van der Waals surface area contributed by atoms with Crippen LogP contribution in [0.15, 0.2) is 48.5 Å². The van der Waals surface area contributed by atoms with Gasteiger partial charge in [0, 0.05) is 7.14 Å². The van der Waals surface area contributed by atoms with Crippen LogP contribution in [-0.4, -0.2) is 0 Å². The van der Waals surface area contributed by atoms with Crippen molar-refractivity contribution in [3.8, 4) is 5.75 Å². The van der Waals surface area contributed by atoms with Crippen LogP contribution < -0.4 is 4.74 Å². The van der Waals surface area contributed by atoms with Crippen LogP contribution in [0.2, 0.25) is 0 Å². The van der Waals surface area contributed by atoms with E-state index in [-0.39, 0.29) is 0 Å². The first-order chi connectivity index (χ1) is 7.74. The van der Waals surface area contributed by atoms with Gasteiger partial charge in [-0.1, -0.05) is 18.2 Å². The summed E-state index contributed by atoms with van der Waals surface area (Å²) in [6, 6.07) is 16.4. The van der Waals surface area contributed by atoms with Crippen LogP contribution in [0, 0.1) is 7.14 Å². The average Bonchev–Trinajstić information content (AvgIpc) is 2.28. The molecule has 0 saturated carbocycles. The van der Waals surface area contributed by atoms with E-state index in [1.54, 1.807) is 0 Å². The van der Waals surface area contributed by atoms with Gasteiger partial charge in [0.2, 0.25) is 0 Å². The molecule has 0 amide bonds. The first-order valence-electron chi connectivity index (χ1n) is 4.87. The van der Waals surface area contributed by atoms with Crippen LogP contribution in [0.4, 0.5) is 0 Å². The minimum atomic E-state index is 0.622. The first kappa shape index (κ1) is 12.2. The van der Waals surface area contributed by atoms with E-state index < -0.39 is 0 Å². The van der Waals surface area contributed by atoms with Crippen molar-refractivity contribution in [3.63, 3.8) is 0 Å². The molecule has 0 aromatic heterocycles. The molecule has 0 unspecified atom stereocenters. The third kappa shape index (κ3) is 3.62. The average molecular weight is 436 g/mol. The molecule has 0 aliphatic carbocycles. The van der Waals surface area contributed by atoms with Crippen molar-refractivity contribution in [2.45, 2.75) is 6.61 Å². The molecule has 1 nitrogen and oxygen atoms in total. The van der Waals surface area contributed by atoms with Crippen LogP contribution in [0.3, 0.4) is 0 Å². The fourth-order valence-electron chi connectivity index (χ4n) is 1.30. The van der Waals surface area contributed by atoms with Gasteiger partial charge >= 0.3 is 0 Å². The molecule has 0 heterocycles. The quantitative estimate of drug-likeness (QED) is 0.646. The third-order valence-corrected chi connectivity index (χ3v) is 3.50. The second-order valence-corrected chi connectivity index (χ2v) is 5.86. The number of rotatable bonds is 3. The zero-order valence-electron chi connectivity index (χ0n) is 8.49. The number of hydrogen-bond acceptors (Lipinski definition) is 1. The zero-order chi connectivity index (χ0) is 11.4. The summed E-state index contributed by atoms with van der Waals surface area (Å²) in [6.07, 6.45) is 0. The van der Waals surface area contributed by atoms with Crippen LogP contribution in [0.5, 0.6) is 5.75 Å². The Morgan fingerprint density at radius 3 is 2.31 bits per heavy atom. The lowest BCUT2D eigenvalue weighted by Gasteiger charge is -2.06. The Bertz CT molecular complexity index is 466. The zero-order valence-corrected chi connectivity index (χ0v) is 12.8. The van der Waals surface area contributed by atoms with Crippen molar-refractivity contribution in [1.82, 2.24) is 0 Å². The Hall–Kier alpha value is -0.300. The number of benzene rings is 2. The fraction of sp³-hybridized carbons (Fsp3) is 0.0769. The van der Waals surface area contributed by atoms with Crippen molar-refractivity contribution in [3.05, 3.63) is 61.2 Å². The molecular weight excluding hydrogens is 426 g/mol. The Balaban J connectivity index is 1.99. The van der Waals surface area contributed by atoms with E-state index in [1.807, 2.05) is 18.2 Å². The molecule has 2 rings (SSSR count). The molecule has 16 heavy (non-hydrogen) atoms. The molecule has 82 valence electrons. The molecule has 0 atom stereocenters. The topological polar surface area (TPSA) is 9.23 Å². The minimum Gasteiger partial charge on any atom is -0.489 e.